The standard InChI is InChI=1S/2C18H36O3.2C4H9.Sn/c2*1-15(2)11-7-5-9-13-18(21,17(19)20)14-10-6-8-12-16(3)4;2*1-3-4-2;/h2*15-16,21H,5-14H2,1-4H3,(H,19,20);2*1,3-4H2,2H3;/q;;;;+2/p-2. The first-order valence-corrected chi connectivity index (χ1v) is 28.3. The molecule has 0 saturated heterocycles. The molecule has 0 fully saturated rings. The molecule has 0 aliphatic carbocycles. The van der Waals surface area contributed by atoms with Crippen LogP contribution in [0.3, 0.4) is 0 Å². The number of hydrogen-bond donors (Lipinski definition) is 2. The van der Waals surface area contributed by atoms with E-state index in [1.54, 1.807) is 0 Å². The number of aliphatic hydroxyl groups is 2. The molecule has 0 amide bonds. The molecule has 0 unspecified atom stereocenters. The van der Waals surface area contributed by atoms with Crippen molar-refractivity contribution in [1.82, 2.24) is 0 Å². The van der Waals surface area contributed by atoms with Gasteiger partial charge in [-0.1, -0.05) is 0 Å². The summed E-state index contributed by atoms with van der Waals surface area (Å²) in [6.45, 7) is 22.0. The van der Waals surface area contributed by atoms with Crippen molar-refractivity contribution >= 4 is 31.1 Å². The van der Waals surface area contributed by atoms with Crippen molar-refractivity contribution in [3.63, 3.8) is 0 Å². The van der Waals surface area contributed by atoms with Crippen LogP contribution in [-0.2, 0) is 15.7 Å². The van der Waals surface area contributed by atoms with Crippen LogP contribution in [0, 0.1) is 23.7 Å². The molecule has 0 aliphatic heterocycles. The minimum absolute atomic E-state index is 0.377. The SMILES string of the molecule is CCC[CH2][Sn]([CH2]CCC)([O]C(=O)C(O)(CCCCCC(C)C)CCCCCC(C)C)[O]C(=O)C(O)(CCCCCC(C)C)CCCCCC(C)C. The monoisotopic (exact) mass is 833 g/mol. The van der Waals surface area contributed by atoms with Gasteiger partial charge < -0.3 is 0 Å². The van der Waals surface area contributed by atoms with E-state index in [4.69, 9.17) is 6.15 Å². The van der Waals surface area contributed by atoms with Gasteiger partial charge in [0.25, 0.3) is 0 Å². The molecule has 0 spiro atoms. The molecular formula is C44H88O6Sn. The van der Waals surface area contributed by atoms with E-state index in [1.165, 1.54) is 0 Å². The maximum atomic E-state index is 14.3. The van der Waals surface area contributed by atoms with Crippen molar-refractivity contribution in [1.29, 1.82) is 0 Å². The molecule has 51 heavy (non-hydrogen) atoms. The van der Waals surface area contributed by atoms with Crippen LogP contribution in [0.2, 0.25) is 8.87 Å². The van der Waals surface area contributed by atoms with Crippen molar-refractivity contribution < 1.29 is 26.0 Å². The van der Waals surface area contributed by atoms with Crippen LogP contribution in [-0.4, -0.2) is 52.6 Å². The summed E-state index contributed by atoms with van der Waals surface area (Å²) >= 11 is -4.49. The van der Waals surface area contributed by atoms with E-state index in [9.17, 15) is 19.8 Å². The number of hydrogen-bond acceptors (Lipinski definition) is 6. The Morgan fingerprint density at radius 1 is 0.451 bits per heavy atom. The number of unbranched alkanes of at least 4 members (excludes halogenated alkanes) is 10. The summed E-state index contributed by atoms with van der Waals surface area (Å²) in [5.74, 6) is 1.39. The van der Waals surface area contributed by atoms with Gasteiger partial charge in [0.05, 0.1) is 0 Å². The van der Waals surface area contributed by atoms with Crippen molar-refractivity contribution in [2.24, 2.45) is 23.7 Å². The Balaban J connectivity index is 6.29. The average molecular weight is 832 g/mol. The molecule has 0 radical (unpaired) electrons. The summed E-state index contributed by atoms with van der Waals surface area (Å²) in [5.41, 5.74) is -3.16. The summed E-state index contributed by atoms with van der Waals surface area (Å²) in [6.07, 6.45) is 20.7. The van der Waals surface area contributed by atoms with Crippen LogP contribution >= 0.6 is 0 Å². The van der Waals surface area contributed by atoms with E-state index < -0.39 is 42.3 Å². The van der Waals surface area contributed by atoms with E-state index in [-0.39, 0.29) is 0 Å². The third kappa shape index (κ3) is 24.6. The van der Waals surface area contributed by atoms with Crippen LogP contribution in [0.15, 0.2) is 0 Å². The Morgan fingerprint density at radius 3 is 0.922 bits per heavy atom. The van der Waals surface area contributed by atoms with Crippen LogP contribution in [0.25, 0.3) is 0 Å². The maximum absolute atomic E-state index is 14.3. The first kappa shape index (κ1) is 50.7. The molecule has 0 aromatic rings. The third-order valence-corrected chi connectivity index (χ3v) is 20.2. The number of carbonyl (C=O) groups is 2. The van der Waals surface area contributed by atoms with Gasteiger partial charge in [-0.15, -0.1) is 0 Å². The molecule has 0 atom stereocenters. The van der Waals surface area contributed by atoms with Crippen molar-refractivity contribution in [3.05, 3.63) is 0 Å². The Morgan fingerprint density at radius 2 is 0.706 bits per heavy atom. The van der Waals surface area contributed by atoms with E-state index in [0.717, 1.165) is 128 Å². The fraction of sp³-hybridized carbons (Fsp3) is 0.955. The van der Waals surface area contributed by atoms with Gasteiger partial charge in [-0.25, -0.2) is 0 Å². The third-order valence-electron chi connectivity index (χ3n) is 10.6. The predicted octanol–water partition coefficient (Wildman–Crippen LogP) is 13.0. The molecule has 304 valence electrons. The fourth-order valence-electron chi connectivity index (χ4n) is 7.02. The zero-order valence-electron chi connectivity index (χ0n) is 35.7. The van der Waals surface area contributed by atoms with Gasteiger partial charge in [0, 0.05) is 0 Å². The summed E-state index contributed by atoms with van der Waals surface area (Å²) in [7, 11) is 0. The summed E-state index contributed by atoms with van der Waals surface area (Å²) in [6, 6.07) is 0. The Bertz CT molecular complexity index is 764. The number of carbonyl (C=O) groups excluding carboxylic acids is 2. The van der Waals surface area contributed by atoms with E-state index >= 15 is 0 Å². The normalized spacial score (nSPS) is 12.9. The molecule has 0 heterocycles. The van der Waals surface area contributed by atoms with Crippen LogP contribution in [0.1, 0.15) is 223 Å². The zero-order valence-corrected chi connectivity index (χ0v) is 38.6. The van der Waals surface area contributed by atoms with Crippen molar-refractivity contribution in [2.75, 3.05) is 0 Å². The second-order valence-electron chi connectivity index (χ2n) is 17.9. The van der Waals surface area contributed by atoms with Gasteiger partial charge in [-0.3, -0.25) is 0 Å². The van der Waals surface area contributed by atoms with E-state index in [1.807, 2.05) is 0 Å². The summed E-state index contributed by atoms with van der Waals surface area (Å²) < 4.78 is 14.3. The van der Waals surface area contributed by atoms with Gasteiger partial charge in [0.15, 0.2) is 0 Å². The first-order chi connectivity index (χ1) is 24.0. The molecule has 7 heteroatoms. The Labute approximate surface area is 322 Å². The molecule has 0 aliphatic rings. The molecule has 0 saturated carbocycles. The molecule has 6 nitrogen and oxygen atoms in total. The van der Waals surface area contributed by atoms with Crippen molar-refractivity contribution in [3.8, 4) is 0 Å². The van der Waals surface area contributed by atoms with Crippen LogP contribution in [0.4, 0.5) is 0 Å². The van der Waals surface area contributed by atoms with Gasteiger partial charge in [0.2, 0.25) is 0 Å². The molecule has 0 bridgehead atoms. The van der Waals surface area contributed by atoms with E-state index in [0.29, 0.717) is 58.2 Å². The predicted molar refractivity (Wildman–Crippen MR) is 219 cm³/mol. The minimum atomic E-state index is -4.49. The summed E-state index contributed by atoms with van der Waals surface area (Å²) in [5, 5.41) is 24.2. The van der Waals surface area contributed by atoms with Gasteiger partial charge in [-0.2, -0.15) is 0 Å². The first-order valence-electron chi connectivity index (χ1n) is 22.0. The molecular weight excluding hydrogens is 743 g/mol. The molecule has 0 aromatic carbocycles. The molecule has 2 N–H and O–H groups in total. The number of rotatable bonds is 34. The average Bonchev–Trinajstić information content (AvgIpc) is 3.05. The second kappa shape index (κ2) is 29.0. The zero-order chi connectivity index (χ0) is 38.8. The Kier molecular flexibility index (Phi) is 28.8. The Hall–Kier alpha value is -0.341. The quantitative estimate of drug-likeness (QED) is 0.0496. The van der Waals surface area contributed by atoms with Gasteiger partial charge >= 0.3 is 324 Å². The van der Waals surface area contributed by atoms with Crippen LogP contribution in [0.5, 0.6) is 0 Å². The topological polar surface area (TPSA) is 93.1 Å². The summed E-state index contributed by atoms with van der Waals surface area (Å²) in [4.78, 5) is 28.6. The van der Waals surface area contributed by atoms with E-state index in [2.05, 4.69) is 69.2 Å². The van der Waals surface area contributed by atoms with Gasteiger partial charge in [0.1, 0.15) is 0 Å². The van der Waals surface area contributed by atoms with Crippen molar-refractivity contribution in [2.45, 2.75) is 243 Å². The molecule has 0 rings (SSSR count). The molecule has 0 aromatic heterocycles. The second-order valence-corrected chi connectivity index (χ2v) is 27.2. The van der Waals surface area contributed by atoms with Crippen LogP contribution < -0.4 is 0 Å². The van der Waals surface area contributed by atoms with Gasteiger partial charge in [-0.05, 0) is 0 Å². The fourth-order valence-corrected chi connectivity index (χ4v) is 17.1.